The molecule has 1 aromatic heterocycles. The molecule has 1 aliphatic heterocycles. The van der Waals surface area contributed by atoms with E-state index in [0.29, 0.717) is 12.2 Å². The Morgan fingerprint density at radius 1 is 1.50 bits per heavy atom. The highest BCUT2D eigenvalue weighted by atomic mass is 16.5. The molecule has 3 rings (SSSR count). The van der Waals surface area contributed by atoms with Gasteiger partial charge in [0.2, 0.25) is 0 Å². The lowest BCUT2D eigenvalue weighted by Gasteiger charge is -2.12. The number of aromatic nitrogens is 2. The maximum atomic E-state index is 11.0. The van der Waals surface area contributed by atoms with Gasteiger partial charge in [0.15, 0.2) is 0 Å². The van der Waals surface area contributed by atoms with E-state index >= 15 is 0 Å². The molecule has 1 unspecified atom stereocenters. The first-order valence-electron chi connectivity index (χ1n) is 6.56. The Morgan fingerprint density at radius 3 is 3.00 bits per heavy atom. The van der Waals surface area contributed by atoms with Crippen molar-refractivity contribution in [1.29, 1.82) is 0 Å². The van der Waals surface area contributed by atoms with Crippen molar-refractivity contribution in [1.82, 2.24) is 9.78 Å². The van der Waals surface area contributed by atoms with Crippen molar-refractivity contribution in [2.75, 3.05) is 0 Å². The maximum Gasteiger partial charge on any atom is 0.339 e. The molecule has 1 N–H and O–H groups in total. The highest BCUT2D eigenvalue weighted by Gasteiger charge is 2.24. The highest BCUT2D eigenvalue weighted by molar-refractivity contribution is 5.88. The molecule has 0 radical (unpaired) electrons. The summed E-state index contributed by atoms with van der Waals surface area (Å²) in [5, 5.41) is 13.2. The smallest absolute Gasteiger partial charge is 0.339 e. The van der Waals surface area contributed by atoms with E-state index in [1.165, 1.54) is 17.3 Å². The lowest BCUT2D eigenvalue weighted by atomic mass is 10.1. The van der Waals surface area contributed by atoms with Crippen LogP contribution in [0.3, 0.4) is 0 Å². The second kappa shape index (κ2) is 4.67. The average molecular weight is 272 g/mol. The molecule has 0 saturated carbocycles. The molecule has 0 saturated heterocycles. The van der Waals surface area contributed by atoms with Crippen molar-refractivity contribution in [2.45, 2.75) is 32.9 Å². The van der Waals surface area contributed by atoms with Crippen molar-refractivity contribution in [3.8, 4) is 5.75 Å². The summed E-state index contributed by atoms with van der Waals surface area (Å²) in [5.41, 5.74) is 3.33. The Bertz CT molecular complexity index is 676. The summed E-state index contributed by atoms with van der Waals surface area (Å²) in [6.45, 7) is 4.39. The fraction of sp³-hybridized carbons (Fsp3) is 0.333. The Hall–Kier alpha value is -2.30. The van der Waals surface area contributed by atoms with Crippen LogP contribution in [0.5, 0.6) is 5.75 Å². The van der Waals surface area contributed by atoms with Crippen LogP contribution in [-0.4, -0.2) is 27.0 Å². The average Bonchev–Trinajstić information content (AvgIpc) is 2.93. The van der Waals surface area contributed by atoms with Crippen molar-refractivity contribution in [2.24, 2.45) is 0 Å². The number of aryl methyl sites for hydroxylation is 1. The van der Waals surface area contributed by atoms with Crippen LogP contribution < -0.4 is 4.74 Å². The third kappa shape index (κ3) is 2.15. The molecule has 20 heavy (non-hydrogen) atoms. The number of hydrogen-bond donors (Lipinski definition) is 1. The molecule has 0 bridgehead atoms. The second-order valence-corrected chi connectivity index (χ2v) is 5.19. The second-order valence-electron chi connectivity index (χ2n) is 5.19. The standard InChI is InChI=1S/C15H16N2O3/c1-9-3-4-14-11(5-9)6-12(20-14)8-17-10(2)13(7-16-17)15(18)19/h3-5,7,12H,6,8H2,1-2H3,(H,18,19). The van der Waals surface area contributed by atoms with Gasteiger partial charge in [-0.1, -0.05) is 17.7 Å². The summed E-state index contributed by atoms with van der Waals surface area (Å²) < 4.78 is 7.58. The first kappa shape index (κ1) is 12.7. The number of carbonyl (C=O) groups is 1. The zero-order chi connectivity index (χ0) is 14.3. The first-order valence-corrected chi connectivity index (χ1v) is 6.56. The number of rotatable bonds is 3. The predicted octanol–water partition coefficient (Wildman–Crippen LogP) is 2.20. The van der Waals surface area contributed by atoms with Gasteiger partial charge < -0.3 is 9.84 Å². The van der Waals surface area contributed by atoms with Crippen LogP contribution in [-0.2, 0) is 13.0 Å². The van der Waals surface area contributed by atoms with E-state index in [-0.39, 0.29) is 11.7 Å². The van der Waals surface area contributed by atoms with Crippen molar-refractivity contribution in [3.05, 3.63) is 46.8 Å². The SMILES string of the molecule is Cc1ccc2c(c1)CC(Cn1ncc(C(=O)O)c1C)O2. The molecule has 0 aliphatic carbocycles. The Balaban J connectivity index is 1.76. The molecule has 2 aromatic rings. The van der Waals surface area contributed by atoms with Gasteiger partial charge in [0, 0.05) is 12.1 Å². The van der Waals surface area contributed by atoms with Crippen LogP contribution in [0.2, 0.25) is 0 Å². The van der Waals surface area contributed by atoms with Crippen LogP contribution in [0, 0.1) is 13.8 Å². The summed E-state index contributed by atoms with van der Waals surface area (Å²) >= 11 is 0. The third-order valence-electron chi connectivity index (χ3n) is 3.67. The minimum atomic E-state index is -0.944. The predicted molar refractivity (Wildman–Crippen MR) is 73.2 cm³/mol. The summed E-state index contributed by atoms with van der Waals surface area (Å²) in [5.74, 6) is -0.0242. The number of aromatic carboxylic acids is 1. The number of ether oxygens (including phenoxy) is 1. The summed E-state index contributed by atoms with van der Waals surface area (Å²) in [6.07, 6.45) is 2.23. The molecule has 0 spiro atoms. The zero-order valence-electron chi connectivity index (χ0n) is 11.5. The molecule has 2 heterocycles. The molecule has 0 amide bonds. The normalized spacial score (nSPS) is 16.8. The van der Waals surface area contributed by atoms with E-state index in [1.54, 1.807) is 11.6 Å². The van der Waals surface area contributed by atoms with E-state index in [1.807, 2.05) is 12.1 Å². The number of hydrogen-bond acceptors (Lipinski definition) is 3. The topological polar surface area (TPSA) is 64.4 Å². The van der Waals surface area contributed by atoms with Crippen molar-refractivity contribution < 1.29 is 14.6 Å². The lowest BCUT2D eigenvalue weighted by molar-refractivity contribution is 0.0695. The van der Waals surface area contributed by atoms with E-state index in [0.717, 1.165) is 12.2 Å². The van der Waals surface area contributed by atoms with Gasteiger partial charge in [0.05, 0.1) is 12.7 Å². The van der Waals surface area contributed by atoms with Crippen LogP contribution >= 0.6 is 0 Å². The Morgan fingerprint density at radius 2 is 2.30 bits per heavy atom. The van der Waals surface area contributed by atoms with Crippen molar-refractivity contribution in [3.63, 3.8) is 0 Å². The summed E-state index contributed by atoms with van der Waals surface area (Å²) in [4.78, 5) is 11.0. The summed E-state index contributed by atoms with van der Waals surface area (Å²) in [7, 11) is 0. The van der Waals surface area contributed by atoms with Gasteiger partial charge in [0.1, 0.15) is 17.4 Å². The van der Waals surface area contributed by atoms with Crippen LogP contribution in [0.4, 0.5) is 0 Å². The lowest BCUT2D eigenvalue weighted by Crippen LogP contribution is -2.22. The minimum absolute atomic E-state index is 0.00652. The fourth-order valence-corrected chi connectivity index (χ4v) is 2.58. The minimum Gasteiger partial charge on any atom is -0.488 e. The van der Waals surface area contributed by atoms with Crippen molar-refractivity contribution >= 4 is 5.97 Å². The van der Waals surface area contributed by atoms with E-state index in [4.69, 9.17) is 9.84 Å². The van der Waals surface area contributed by atoms with Gasteiger partial charge in [-0.3, -0.25) is 4.68 Å². The molecule has 5 nitrogen and oxygen atoms in total. The van der Waals surface area contributed by atoms with Crippen LogP contribution in [0.15, 0.2) is 24.4 Å². The molecular weight excluding hydrogens is 256 g/mol. The summed E-state index contributed by atoms with van der Waals surface area (Å²) in [6, 6.07) is 6.15. The number of carboxylic acid groups (broad SMARTS) is 1. The van der Waals surface area contributed by atoms with E-state index in [2.05, 4.69) is 18.1 Å². The molecule has 104 valence electrons. The van der Waals surface area contributed by atoms with E-state index in [9.17, 15) is 4.79 Å². The zero-order valence-corrected chi connectivity index (χ0v) is 11.5. The molecule has 1 aromatic carbocycles. The number of fused-ring (bicyclic) bond motifs is 1. The van der Waals surface area contributed by atoms with Gasteiger partial charge in [-0.25, -0.2) is 4.79 Å². The Kier molecular flexibility index (Phi) is 2.97. The van der Waals surface area contributed by atoms with Gasteiger partial charge in [-0.05, 0) is 25.5 Å². The maximum absolute atomic E-state index is 11.0. The largest absolute Gasteiger partial charge is 0.488 e. The van der Waals surface area contributed by atoms with E-state index < -0.39 is 5.97 Å². The molecule has 1 atom stereocenters. The quantitative estimate of drug-likeness (QED) is 0.930. The highest BCUT2D eigenvalue weighted by Crippen LogP contribution is 2.30. The van der Waals surface area contributed by atoms with Gasteiger partial charge in [-0.2, -0.15) is 5.10 Å². The van der Waals surface area contributed by atoms with Gasteiger partial charge >= 0.3 is 5.97 Å². The molecule has 0 fully saturated rings. The van der Waals surface area contributed by atoms with Crippen LogP contribution in [0.1, 0.15) is 27.2 Å². The number of nitrogens with zero attached hydrogens (tertiary/aromatic N) is 2. The fourth-order valence-electron chi connectivity index (χ4n) is 2.58. The van der Waals surface area contributed by atoms with Gasteiger partial charge in [-0.15, -0.1) is 0 Å². The third-order valence-corrected chi connectivity index (χ3v) is 3.67. The molecular formula is C15H16N2O3. The molecule has 1 aliphatic rings. The number of benzene rings is 1. The Labute approximate surface area is 116 Å². The first-order chi connectivity index (χ1) is 9.54. The number of carboxylic acids is 1. The van der Waals surface area contributed by atoms with Gasteiger partial charge in [0.25, 0.3) is 0 Å². The van der Waals surface area contributed by atoms with Crippen LogP contribution in [0.25, 0.3) is 0 Å². The monoisotopic (exact) mass is 272 g/mol. The molecule has 5 heteroatoms.